The highest BCUT2D eigenvalue weighted by molar-refractivity contribution is 5.40. The van der Waals surface area contributed by atoms with Crippen LogP contribution in [0.5, 0.6) is 0 Å². The molecular formula is C35H64. The minimum Gasteiger partial charge on any atom is -0.0989 e. The van der Waals surface area contributed by atoms with Gasteiger partial charge in [-0.05, 0) is 75.4 Å². The van der Waals surface area contributed by atoms with Crippen molar-refractivity contribution in [3.8, 4) is 0 Å². The fraction of sp³-hybridized carbons (Fsp3) is 0.886. The Kier molecular flexibility index (Phi) is 7.45. The lowest BCUT2D eigenvalue weighted by Crippen LogP contribution is -2.63. The van der Waals surface area contributed by atoms with Crippen LogP contribution in [0.1, 0.15) is 143 Å². The molecule has 0 spiro atoms. The molecule has 0 heterocycles. The van der Waals surface area contributed by atoms with Gasteiger partial charge in [0.15, 0.2) is 0 Å². The maximum Gasteiger partial charge on any atom is 0.00205 e. The van der Waals surface area contributed by atoms with Gasteiger partial charge >= 0.3 is 0 Å². The molecule has 7 atom stereocenters. The standard InChI is InChI=1S/C35H64/c1-19-29(11,12)34(18)23-32(16,30(13,14)33(34,17)21-3)27-25(6)24(5)26(7)35(22-4,28(8,9)10)31(27,15)20-2/h24,27H,6-7,19-23H2,1-5,8-18H3/t24?,27?,31-,32-,33-,34+,35+/m0/s1. The zero-order valence-corrected chi connectivity index (χ0v) is 27.1. The predicted octanol–water partition coefficient (Wildman–Crippen LogP) is 11.5. The van der Waals surface area contributed by atoms with E-state index in [0.717, 1.165) is 12.8 Å². The molecule has 0 saturated heterocycles. The molecule has 0 heteroatoms. The molecular weight excluding hydrogens is 420 g/mol. The van der Waals surface area contributed by atoms with Gasteiger partial charge in [0.05, 0.1) is 0 Å². The molecule has 0 bridgehead atoms. The molecule has 0 aliphatic heterocycles. The summed E-state index contributed by atoms with van der Waals surface area (Å²) in [6, 6.07) is 0. The third kappa shape index (κ3) is 3.22. The summed E-state index contributed by atoms with van der Waals surface area (Å²) in [5, 5.41) is 0. The lowest BCUT2D eigenvalue weighted by molar-refractivity contribution is -0.146. The number of hydrogen-bond acceptors (Lipinski definition) is 0. The number of rotatable bonds is 6. The van der Waals surface area contributed by atoms with Crippen LogP contribution in [0.15, 0.2) is 24.3 Å². The molecule has 204 valence electrons. The fourth-order valence-corrected chi connectivity index (χ4v) is 11.1. The van der Waals surface area contributed by atoms with Gasteiger partial charge in [-0.2, -0.15) is 0 Å². The highest BCUT2D eigenvalue weighted by Crippen LogP contribution is 2.82. The van der Waals surface area contributed by atoms with Gasteiger partial charge < -0.3 is 0 Å². The second kappa shape index (κ2) is 8.50. The molecule has 0 N–H and O–H groups in total. The van der Waals surface area contributed by atoms with Gasteiger partial charge in [-0.25, -0.2) is 0 Å². The van der Waals surface area contributed by atoms with Crippen molar-refractivity contribution in [2.45, 2.75) is 143 Å². The fourth-order valence-electron chi connectivity index (χ4n) is 11.1. The maximum atomic E-state index is 4.95. The smallest absolute Gasteiger partial charge is 0.00205 e. The zero-order chi connectivity index (χ0) is 27.8. The first-order valence-corrected chi connectivity index (χ1v) is 14.9. The minimum absolute atomic E-state index is 0.0704. The summed E-state index contributed by atoms with van der Waals surface area (Å²) in [5.41, 5.74) is 4.25. The second-order valence-electron chi connectivity index (χ2n) is 16.0. The average molecular weight is 485 g/mol. The maximum absolute atomic E-state index is 4.95. The number of hydrogen-bond donors (Lipinski definition) is 0. The first-order valence-electron chi connectivity index (χ1n) is 14.9. The van der Waals surface area contributed by atoms with E-state index >= 15 is 0 Å². The molecule has 2 fully saturated rings. The summed E-state index contributed by atoms with van der Waals surface area (Å²) in [6.45, 7) is 50.4. The molecule has 0 amide bonds. The Balaban J connectivity index is 3.03. The quantitative estimate of drug-likeness (QED) is 0.329. The van der Waals surface area contributed by atoms with Crippen LogP contribution in [-0.4, -0.2) is 0 Å². The third-order valence-electron chi connectivity index (χ3n) is 14.6. The van der Waals surface area contributed by atoms with E-state index < -0.39 is 0 Å². The van der Waals surface area contributed by atoms with Crippen molar-refractivity contribution >= 4 is 0 Å². The number of allylic oxidation sites excluding steroid dienone is 2. The van der Waals surface area contributed by atoms with Gasteiger partial charge in [-0.15, -0.1) is 0 Å². The summed E-state index contributed by atoms with van der Waals surface area (Å²) in [5.74, 6) is 0.806. The molecule has 0 aromatic heterocycles. The molecule has 2 aliphatic carbocycles. The van der Waals surface area contributed by atoms with Gasteiger partial charge in [0.2, 0.25) is 0 Å². The van der Waals surface area contributed by atoms with Crippen LogP contribution in [-0.2, 0) is 0 Å². The molecule has 2 unspecified atom stereocenters. The summed E-state index contributed by atoms with van der Waals surface area (Å²) in [4.78, 5) is 0. The van der Waals surface area contributed by atoms with Crippen LogP contribution in [0, 0.1) is 55.2 Å². The molecule has 2 saturated carbocycles. The predicted molar refractivity (Wildman–Crippen MR) is 159 cm³/mol. The van der Waals surface area contributed by atoms with Gasteiger partial charge in [0, 0.05) is 5.41 Å². The molecule has 0 radical (unpaired) electrons. The molecule has 0 aromatic carbocycles. The Hall–Kier alpha value is -0.520. The van der Waals surface area contributed by atoms with Gasteiger partial charge in [-0.3, -0.25) is 0 Å². The van der Waals surface area contributed by atoms with E-state index in [9.17, 15) is 0 Å². The van der Waals surface area contributed by atoms with Crippen LogP contribution >= 0.6 is 0 Å². The monoisotopic (exact) mass is 485 g/mol. The van der Waals surface area contributed by atoms with Crippen LogP contribution < -0.4 is 0 Å². The summed E-state index contributed by atoms with van der Waals surface area (Å²) in [6.07, 6.45) is 6.01. The Morgan fingerprint density at radius 3 is 1.63 bits per heavy atom. The second-order valence-corrected chi connectivity index (χ2v) is 16.0. The average Bonchev–Trinajstić information content (AvgIpc) is 2.87. The van der Waals surface area contributed by atoms with Crippen LogP contribution in [0.4, 0.5) is 0 Å². The largest absolute Gasteiger partial charge is 0.0989 e. The van der Waals surface area contributed by atoms with Crippen molar-refractivity contribution in [1.82, 2.24) is 0 Å². The first-order chi connectivity index (χ1) is 15.5. The van der Waals surface area contributed by atoms with Crippen molar-refractivity contribution in [2.75, 3.05) is 0 Å². The van der Waals surface area contributed by atoms with Crippen molar-refractivity contribution < 1.29 is 0 Å². The van der Waals surface area contributed by atoms with Gasteiger partial charge in [0.1, 0.15) is 0 Å². The van der Waals surface area contributed by atoms with Gasteiger partial charge in [-0.1, -0.05) is 142 Å². The third-order valence-corrected chi connectivity index (χ3v) is 14.6. The van der Waals surface area contributed by atoms with E-state index in [1.54, 1.807) is 0 Å². The van der Waals surface area contributed by atoms with Crippen molar-refractivity contribution in [2.24, 2.45) is 55.2 Å². The van der Waals surface area contributed by atoms with Crippen molar-refractivity contribution in [3.05, 3.63) is 24.3 Å². The highest BCUT2D eigenvalue weighted by Gasteiger charge is 2.76. The van der Waals surface area contributed by atoms with Crippen LogP contribution in [0.2, 0.25) is 0 Å². The summed E-state index contributed by atoms with van der Waals surface area (Å²) >= 11 is 0. The Morgan fingerprint density at radius 1 is 0.800 bits per heavy atom. The SMILES string of the molecule is C=C1C(C)C(=C)[C@](CC)(C(C)(C)C)[C@@](C)(CC)C1[C@]1(C)C[C@](C)(C(C)(C)CC)[C@@](C)(CC)C1(C)C. The zero-order valence-electron chi connectivity index (χ0n) is 27.1. The Bertz CT molecular complexity index is 848. The molecule has 2 aliphatic rings. The summed E-state index contributed by atoms with van der Waals surface area (Å²) < 4.78 is 0. The van der Waals surface area contributed by atoms with Crippen LogP contribution in [0.25, 0.3) is 0 Å². The van der Waals surface area contributed by atoms with E-state index in [-0.39, 0.29) is 43.3 Å². The van der Waals surface area contributed by atoms with Gasteiger partial charge in [0.25, 0.3) is 0 Å². The molecule has 0 aromatic rings. The van der Waals surface area contributed by atoms with E-state index in [2.05, 4.69) is 111 Å². The van der Waals surface area contributed by atoms with E-state index in [0.29, 0.717) is 11.8 Å². The topological polar surface area (TPSA) is 0 Å². The Morgan fingerprint density at radius 2 is 1.29 bits per heavy atom. The van der Waals surface area contributed by atoms with Crippen molar-refractivity contribution in [3.63, 3.8) is 0 Å². The normalized spacial score (nSPS) is 44.7. The first kappa shape index (κ1) is 30.7. The Labute approximate surface area is 222 Å². The van der Waals surface area contributed by atoms with E-state index in [1.807, 2.05) is 0 Å². The van der Waals surface area contributed by atoms with E-state index in [4.69, 9.17) is 13.2 Å². The van der Waals surface area contributed by atoms with Crippen LogP contribution in [0.3, 0.4) is 0 Å². The minimum atomic E-state index is 0.0704. The van der Waals surface area contributed by atoms with E-state index in [1.165, 1.54) is 30.4 Å². The lowest BCUT2D eigenvalue weighted by Gasteiger charge is -2.69. The lowest BCUT2D eigenvalue weighted by atomic mass is 9.34. The molecule has 0 nitrogen and oxygen atoms in total. The summed E-state index contributed by atoms with van der Waals surface area (Å²) in [7, 11) is 0. The van der Waals surface area contributed by atoms with Crippen molar-refractivity contribution in [1.29, 1.82) is 0 Å². The highest BCUT2D eigenvalue weighted by atomic mass is 14.8. The molecule has 35 heavy (non-hydrogen) atoms. The molecule has 2 rings (SSSR count).